The minimum atomic E-state index is 0.163. The molecule has 0 aliphatic rings. The highest BCUT2D eigenvalue weighted by Gasteiger charge is 2.21. The molecule has 0 N–H and O–H groups in total. The van der Waals surface area contributed by atoms with Gasteiger partial charge in [-0.1, -0.05) is 39.0 Å². The normalized spacial score (nSPS) is 13.8. The maximum Gasteiger partial charge on any atom is 0.0704 e. The van der Waals surface area contributed by atoms with Gasteiger partial charge in [-0.05, 0) is 36.0 Å². The Labute approximate surface area is 114 Å². The van der Waals surface area contributed by atoms with Crippen molar-refractivity contribution >= 4 is 22.5 Å². The molecule has 0 aliphatic carbocycles. The summed E-state index contributed by atoms with van der Waals surface area (Å²) in [6.07, 6.45) is 3.85. The first-order chi connectivity index (χ1) is 8.47. The second-order valence-electron chi connectivity index (χ2n) is 5.90. The lowest BCUT2D eigenvalue weighted by molar-refractivity contribution is 0.374. The number of benzene rings is 1. The van der Waals surface area contributed by atoms with Crippen LogP contribution in [0.4, 0.5) is 0 Å². The largest absolute Gasteiger partial charge is 0.256 e. The zero-order valence-electron chi connectivity index (χ0n) is 11.3. The van der Waals surface area contributed by atoms with E-state index in [1.54, 1.807) is 0 Å². The highest BCUT2D eigenvalue weighted by molar-refractivity contribution is 6.21. The van der Waals surface area contributed by atoms with Crippen molar-refractivity contribution in [3.63, 3.8) is 0 Å². The fourth-order valence-electron chi connectivity index (χ4n) is 1.99. The lowest BCUT2D eigenvalue weighted by atomic mass is 9.88. The van der Waals surface area contributed by atoms with Gasteiger partial charge in [-0.15, -0.1) is 11.6 Å². The van der Waals surface area contributed by atoms with Crippen molar-refractivity contribution in [1.82, 2.24) is 4.98 Å². The van der Waals surface area contributed by atoms with Gasteiger partial charge in [-0.3, -0.25) is 4.98 Å². The van der Waals surface area contributed by atoms with Crippen LogP contribution in [-0.2, 0) is 6.42 Å². The molecule has 1 heterocycles. The second kappa shape index (κ2) is 5.27. The van der Waals surface area contributed by atoms with Crippen LogP contribution in [0.25, 0.3) is 10.9 Å². The summed E-state index contributed by atoms with van der Waals surface area (Å²) in [5.74, 6) is 0. The smallest absolute Gasteiger partial charge is 0.0704 e. The number of aromatic nitrogens is 1. The van der Waals surface area contributed by atoms with E-state index in [0.717, 1.165) is 18.4 Å². The van der Waals surface area contributed by atoms with Crippen LogP contribution in [-0.4, -0.2) is 10.4 Å². The Bertz CT molecular complexity index is 528. The lowest BCUT2D eigenvalue weighted by Crippen LogP contribution is -2.21. The number of halogens is 1. The maximum absolute atomic E-state index is 6.41. The fraction of sp³-hybridized carbons (Fsp3) is 0.438. The van der Waals surface area contributed by atoms with Crippen LogP contribution < -0.4 is 0 Å². The van der Waals surface area contributed by atoms with Crippen molar-refractivity contribution in [1.29, 1.82) is 0 Å². The van der Waals surface area contributed by atoms with Gasteiger partial charge in [0.15, 0.2) is 0 Å². The Morgan fingerprint density at radius 3 is 2.72 bits per heavy atom. The van der Waals surface area contributed by atoms with Crippen LogP contribution in [0, 0.1) is 5.41 Å². The van der Waals surface area contributed by atoms with Crippen LogP contribution in [0.2, 0.25) is 0 Å². The van der Waals surface area contributed by atoms with Gasteiger partial charge >= 0.3 is 0 Å². The summed E-state index contributed by atoms with van der Waals surface area (Å²) in [5.41, 5.74) is 2.55. The lowest BCUT2D eigenvalue weighted by Gasteiger charge is -2.25. The quantitative estimate of drug-likeness (QED) is 0.722. The van der Waals surface area contributed by atoms with E-state index in [0.29, 0.717) is 0 Å². The number of nitrogens with zero attached hydrogens (tertiary/aromatic N) is 1. The number of rotatable bonds is 3. The molecule has 0 aliphatic heterocycles. The number of pyridine rings is 1. The molecule has 18 heavy (non-hydrogen) atoms. The number of aryl methyl sites for hydroxylation is 1. The number of fused-ring (bicyclic) bond motifs is 1. The van der Waals surface area contributed by atoms with E-state index in [2.05, 4.69) is 50.0 Å². The van der Waals surface area contributed by atoms with E-state index in [-0.39, 0.29) is 10.8 Å². The molecule has 2 rings (SSSR count). The van der Waals surface area contributed by atoms with Crippen molar-refractivity contribution in [2.24, 2.45) is 5.41 Å². The minimum absolute atomic E-state index is 0.163. The molecule has 0 saturated heterocycles. The van der Waals surface area contributed by atoms with Crippen LogP contribution in [0.5, 0.6) is 0 Å². The van der Waals surface area contributed by atoms with Gasteiger partial charge in [0.25, 0.3) is 0 Å². The Kier molecular flexibility index (Phi) is 3.91. The van der Waals surface area contributed by atoms with E-state index in [1.165, 1.54) is 10.9 Å². The van der Waals surface area contributed by atoms with E-state index in [1.807, 2.05) is 12.3 Å². The fourth-order valence-corrected chi connectivity index (χ4v) is 2.10. The van der Waals surface area contributed by atoms with Gasteiger partial charge in [0.2, 0.25) is 0 Å². The third-order valence-corrected chi connectivity index (χ3v) is 4.17. The van der Waals surface area contributed by atoms with Crippen molar-refractivity contribution in [3.05, 3.63) is 42.1 Å². The molecular weight excluding hydrogens is 242 g/mol. The zero-order valence-corrected chi connectivity index (χ0v) is 12.0. The molecule has 0 fully saturated rings. The number of alkyl halides is 1. The monoisotopic (exact) mass is 261 g/mol. The second-order valence-corrected chi connectivity index (χ2v) is 6.43. The van der Waals surface area contributed by atoms with Gasteiger partial charge in [0, 0.05) is 17.0 Å². The first-order valence-electron chi connectivity index (χ1n) is 6.44. The molecule has 1 nitrogen and oxygen atoms in total. The van der Waals surface area contributed by atoms with E-state index in [9.17, 15) is 0 Å². The SMILES string of the molecule is CC(C)(C)C(Cl)CCc1ccc2cccnc2c1. The molecular formula is C16H20ClN. The highest BCUT2D eigenvalue weighted by Crippen LogP contribution is 2.28. The van der Waals surface area contributed by atoms with Crippen LogP contribution in [0.15, 0.2) is 36.5 Å². The highest BCUT2D eigenvalue weighted by atomic mass is 35.5. The van der Waals surface area contributed by atoms with Gasteiger partial charge in [-0.2, -0.15) is 0 Å². The third-order valence-electron chi connectivity index (χ3n) is 3.30. The average Bonchev–Trinajstić information content (AvgIpc) is 2.34. The molecule has 1 aromatic carbocycles. The Morgan fingerprint density at radius 2 is 2.00 bits per heavy atom. The molecule has 0 spiro atoms. The van der Waals surface area contributed by atoms with E-state index < -0.39 is 0 Å². The van der Waals surface area contributed by atoms with Crippen molar-refractivity contribution < 1.29 is 0 Å². The van der Waals surface area contributed by atoms with Crippen LogP contribution >= 0.6 is 11.6 Å². The number of hydrogen-bond acceptors (Lipinski definition) is 1. The minimum Gasteiger partial charge on any atom is -0.256 e. The first kappa shape index (κ1) is 13.4. The molecule has 96 valence electrons. The molecule has 2 aromatic rings. The van der Waals surface area contributed by atoms with Crippen LogP contribution in [0.1, 0.15) is 32.8 Å². The molecule has 0 amide bonds. The summed E-state index contributed by atoms with van der Waals surface area (Å²) in [6, 6.07) is 10.5. The van der Waals surface area contributed by atoms with Crippen LogP contribution in [0.3, 0.4) is 0 Å². The summed E-state index contributed by atoms with van der Waals surface area (Å²) in [7, 11) is 0. The van der Waals surface area contributed by atoms with Crippen molar-refractivity contribution in [2.75, 3.05) is 0 Å². The van der Waals surface area contributed by atoms with Gasteiger partial charge in [0.05, 0.1) is 5.52 Å². The Morgan fingerprint density at radius 1 is 1.22 bits per heavy atom. The standard InChI is InChI=1S/C16H20ClN/c1-16(2,3)15(17)9-7-12-6-8-13-5-4-10-18-14(13)11-12/h4-6,8,10-11,15H,7,9H2,1-3H3. The number of hydrogen-bond donors (Lipinski definition) is 0. The molecule has 1 unspecified atom stereocenters. The molecule has 0 saturated carbocycles. The van der Waals surface area contributed by atoms with E-state index in [4.69, 9.17) is 11.6 Å². The topological polar surface area (TPSA) is 12.9 Å². The Hall–Kier alpha value is -1.08. The zero-order chi connectivity index (χ0) is 13.2. The predicted octanol–water partition coefficient (Wildman–Crippen LogP) is 4.82. The van der Waals surface area contributed by atoms with E-state index >= 15 is 0 Å². The summed E-state index contributed by atoms with van der Waals surface area (Å²) < 4.78 is 0. The van der Waals surface area contributed by atoms with Gasteiger partial charge in [-0.25, -0.2) is 0 Å². The Balaban J connectivity index is 2.08. The summed E-state index contributed by atoms with van der Waals surface area (Å²) in [4.78, 5) is 4.38. The summed E-state index contributed by atoms with van der Waals surface area (Å²) in [6.45, 7) is 6.56. The molecule has 0 radical (unpaired) electrons. The molecule has 2 heteroatoms. The molecule has 0 bridgehead atoms. The van der Waals surface area contributed by atoms with Gasteiger partial charge in [0.1, 0.15) is 0 Å². The first-order valence-corrected chi connectivity index (χ1v) is 6.88. The summed E-state index contributed by atoms with van der Waals surface area (Å²) in [5, 5.41) is 1.40. The molecule has 1 aromatic heterocycles. The predicted molar refractivity (Wildman–Crippen MR) is 79.2 cm³/mol. The maximum atomic E-state index is 6.41. The summed E-state index contributed by atoms with van der Waals surface area (Å²) >= 11 is 6.41. The van der Waals surface area contributed by atoms with Gasteiger partial charge < -0.3 is 0 Å². The van der Waals surface area contributed by atoms with Crippen molar-refractivity contribution in [3.8, 4) is 0 Å². The average molecular weight is 262 g/mol. The van der Waals surface area contributed by atoms with Crippen molar-refractivity contribution in [2.45, 2.75) is 39.0 Å². The third kappa shape index (κ3) is 3.23. The molecule has 1 atom stereocenters.